The summed E-state index contributed by atoms with van der Waals surface area (Å²) in [6.45, 7) is 8.60. The Bertz CT molecular complexity index is 715. The lowest BCUT2D eigenvalue weighted by Crippen LogP contribution is -2.37. The molecule has 0 saturated carbocycles. The van der Waals surface area contributed by atoms with Crippen LogP contribution in [0.1, 0.15) is 29.2 Å². The standard InChI is InChI=1S/C21H27NO2S/c1-15-9-10-20(17(3)13-15)24-18(4)21(23)22-11-12-25-14-19-8-6-5-7-16(19)2/h5-10,13,18H,11-12,14H2,1-4H3,(H,22,23)/t18-/m1/s1. The van der Waals surface area contributed by atoms with Gasteiger partial charge in [0, 0.05) is 18.1 Å². The molecule has 0 aliphatic rings. The molecule has 0 heterocycles. The SMILES string of the molecule is Cc1ccc(O[C@H](C)C(=O)NCCSCc2ccccc2C)c(C)c1. The lowest BCUT2D eigenvalue weighted by atomic mass is 10.1. The Labute approximate surface area is 155 Å². The summed E-state index contributed by atoms with van der Waals surface area (Å²) in [6.07, 6.45) is -0.497. The summed E-state index contributed by atoms with van der Waals surface area (Å²) in [5.74, 6) is 2.55. The first kappa shape index (κ1) is 19.4. The fraction of sp³-hybridized carbons (Fsp3) is 0.381. The normalized spacial score (nSPS) is 11.8. The summed E-state index contributed by atoms with van der Waals surface area (Å²) in [4.78, 5) is 12.2. The van der Waals surface area contributed by atoms with Crippen LogP contribution in [-0.4, -0.2) is 24.3 Å². The van der Waals surface area contributed by atoms with Crippen molar-refractivity contribution in [2.24, 2.45) is 0 Å². The highest BCUT2D eigenvalue weighted by Crippen LogP contribution is 2.20. The van der Waals surface area contributed by atoms with Gasteiger partial charge in [-0.25, -0.2) is 0 Å². The predicted molar refractivity (Wildman–Crippen MR) is 106 cm³/mol. The van der Waals surface area contributed by atoms with Crippen LogP contribution in [0, 0.1) is 20.8 Å². The van der Waals surface area contributed by atoms with Gasteiger partial charge in [-0.1, -0.05) is 42.0 Å². The molecule has 0 unspecified atom stereocenters. The van der Waals surface area contributed by atoms with Crippen molar-refractivity contribution in [2.45, 2.75) is 39.6 Å². The van der Waals surface area contributed by atoms with E-state index in [-0.39, 0.29) is 5.91 Å². The van der Waals surface area contributed by atoms with Crippen molar-refractivity contribution in [3.63, 3.8) is 0 Å². The third-order valence-corrected chi connectivity index (χ3v) is 5.08. The van der Waals surface area contributed by atoms with Gasteiger partial charge in [0.05, 0.1) is 0 Å². The zero-order valence-electron chi connectivity index (χ0n) is 15.5. The van der Waals surface area contributed by atoms with E-state index in [9.17, 15) is 4.79 Å². The molecule has 0 radical (unpaired) electrons. The van der Waals surface area contributed by atoms with Gasteiger partial charge in [0.2, 0.25) is 0 Å². The van der Waals surface area contributed by atoms with Crippen molar-refractivity contribution in [2.75, 3.05) is 12.3 Å². The number of nitrogens with one attached hydrogen (secondary N) is 1. The zero-order valence-corrected chi connectivity index (χ0v) is 16.3. The fourth-order valence-corrected chi connectivity index (χ4v) is 3.45. The number of hydrogen-bond acceptors (Lipinski definition) is 3. The van der Waals surface area contributed by atoms with Gasteiger partial charge in [-0.05, 0) is 50.5 Å². The molecule has 1 amide bonds. The highest BCUT2D eigenvalue weighted by Gasteiger charge is 2.15. The van der Waals surface area contributed by atoms with Crippen LogP contribution < -0.4 is 10.1 Å². The Kier molecular flexibility index (Phi) is 7.38. The lowest BCUT2D eigenvalue weighted by molar-refractivity contribution is -0.127. The lowest BCUT2D eigenvalue weighted by Gasteiger charge is -2.16. The van der Waals surface area contributed by atoms with Crippen LogP contribution in [-0.2, 0) is 10.5 Å². The molecule has 1 N–H and O–H groups in total. The van der Waals surface area contributed by atoms with Crippen LogP contribution in [0.15, 0.2) is 42.5 Å². The smallest absolute Gasteiger partial charge is 0.260 e. The Morgan fingerprint density at radius 3 is 2.60 bits per heavy atom. The first-order valence-electron chi connectivity index (χ1n) is 8.61. The maximum absolute atomic E-state index is 12.2. The topological polar surface area (TPSA) is 38.3 Å². The Hall–Kier alpha value is -1.94. The maximum atomic E-state index is 12.2. The van der Waals surface area contributed by atoms with Gasteiger partial charge >= 0.3 is 0 Å². The molecule has 2 aromatic carbocycles. The van der Waals surface area contributed by atoms with Crippen molar-refractivity contribution < 1.29 is 9.53 Å². The number of carbonyl (C=O) groups is 1. The van der Waals surface area contributed by atoms with Crippen molar-refractivity contribution in [3.8, 4) is 5.75 Å². The molecule has 0 saturated heterocycles. The summed E-state index contributed by atoms with van der Waals surface area (Å²) in [5.41, 5.74) is 4.90. The molecule has 3 nitrogen and oxygen atoms in total. The molecule has 0 bridgehead atoms. The van der Waals surface area contributed by atoms with Gasteiger partial charge < -0.3 is 10.1 Å². The van der Waals surface area contributed by atoms with Crippen molar-refractivity contribution in [1.29, 1.82) is 0 Å². The van der Waals surface area contributed by atoms with Gasteiger partial charge in [-0.3, -0.25) is 4.79 Å². The molecular weight excluding hydrogens is 330 g/mol. The Morgan fingerprint density at radius 2 is 1.88 bits per heavy atom. The summed E-state index contributed by atoms with van der Waals surface area (Å²) < 4.78 is 5.79. The summed E-state index contributed by atoms with van der Waals surface area (Å²) >= 11 is 1.83. The largest absolute Gasteiger partial charge is 0.481 e. The molecule has 4 heteroatoms. The van der Waals surface area contributed by atoms with E-state index < -0.39 is 6.10 Å². The number of aryl methyl sites for hydroxylation is 3. The number of carbonyl (C=O) groups excluding carboxylic acids is 1. The molecule has 134 valence electrons. The first-order chi connectivity index (χ1) is 12.0. The first-order valence-corrected chi connectivity index (χ1v) is 9.76. The van der Waals surface area contributed by atoms with E-state index in [1.807, 2.05) is 37.7 Å². The van der Waals surface area contributed by atoms with Crippen molar-refractivity contribution >= 4 is 17.7 Å². The van der Waals surface area contributed by atoms with Crippen LogP contribution in [0.25, 0.3) is 0 Å². The molecule has 0 aliphatic carbocycles. The highest BCUT2D eigenvalue weighted by atomic mass is 32.2. The number of ether oxygens (including phenoxy) is 1. The molecule has 0 fully saturated rings. The van der Waals surface area contributed by atoms with E-state index >= 15 is 0 Å². The minimum Gasteiger partial charge on any atom is -0.481 e. The van der Waals surface area contributed by atoms with Gasteiger partial charge in [0.25, 0.3) is 5.91 Å². The van der Waals surface area contributed by atoms with E-state index in [0.717, 1.165) is 22.8 Å². The molecule has 2 aromatic rings. The fourth-order valence-electron chi connectivity index (χ4n) is 2.52. The number of amides is 1. The van der Waals surface area contributed by atoms with E-state index in [1.165, 1.54) is 16.7 Å². The van der Waals surface area contributed by atoms with E-state index in [2.05, 4.69) is 42.6 Å². The van der Waals surface area contributed by atoms with E-state index in [0.29, 0.717) is 6.54 Å². The highest BCUT2D eigenvalue weighted by molar-refractivity contribution is 7.98. The van der Waals surface area contributed by atoms with Crippen LogP contribution in [0.2, 0.25) is 0 Å². The summed E-state index contributed by atoms with van der Waals surface area (Å²) in [6, 6.07) is 14.4. The third-order valence-electron chi connectivity index (χ3n) is 4.07. The summed E-state index contributed by atoms with van der Waals surface area (Å²) in [5, 5.41) is 2.95. The number of thioether (sulfide) groups is 1. The molecule has 25 heavy (non-hydrogen) atoms. The maximum Gasteiger partial charge on any atom is 0.260 e. The average molecular weight is 358 g/mol. The molecule has 0 aliphatic heterocycles. The molecule has 0 spiro atoms. The second-order valence-electron chi connectivity index (χ2n) is 6.30. The summed E-state index contributed by atoms with van der Waals surface area (Å²) in [7, 11) is 0. The van der Waals surface area contributed by atoms with Gasteiger partial charge in [0.15, 0.2) is 6.10 Å². The van der Waals surface area contributed by atoms with Crippen LogP contribution in [0.5, 0.6) is 5.75 Å². The second kappa shape index (κ2) is 9.52. The molecular formula is C21H27NO2S. The van der Waals surface area contributed by atoms with Crippen molar-refractivity contribution in [3.05, 3.63) is 64.7 Å². The number of rotatable bonds is 8. The number of benzene rings is 2. The number of hydrogen-bond donors (Lipinski definition) is 1. The molecule has 0 aromatic heterocycles. The molecule has 2 rings (SSSR count). The van der Waals surface area contributed by atoms with E-state index in [4.69, 9.17) is 4.74 Å². The predicted octanol–water partition coefficient (Wildman–Crippen LogP) is 4.43. The van der Waals surface area contributed by atoms with Gasteiger partial charge in [-0.15, -0.1) is 0 Å². The van der Waals surface area contributed by atoms with E-state index in [1.54, 1.807) is 6.92 Å². The minimum absolute atomic E-state index is 0.0727. The quantitative estimate of drug-likeness (QED) is 0.710. The van der Waals surface area contributed by atoms with Gasteiger partial charge in [-0.2, -0.15) is 11.8 Å². The minimum atomic E-state index is -0.497. The Morgan fingerprint density at radius 1 is 1.12 bits per heavy atom. The Balaban J connectivity index is 1.70. The van der Waals surface area contributed by atoms with Crippen molar-refractivity contribution in [1.82, 2.24) is 5.32 Å². The average Bonchev–Trinajstić information content (AvgIpc) is 2.58. The third kappa shape index (κ3) is 6.13. The zero-order chi connectivity index (χ0) is 18.2. The molecule has 1 atom stereocenters. The van der Waals surface area contributed by atoms with Crippen LogP contribution in [0.4, 0.5) is 0 Å². The van der Waals surface area contributed by atoms with Crippen LogP contribution in [0.3, 0.4) is 0 Å². The van der Waals surface area contributed by atoms with Crippen LogP contribution >= 0.6 is 11.8 Å². The monoisotopic (exact) mass is 357 g/mol. The second-order valence-corrected chi connectivity index (χ2v) is 7.40. The van der Waals surface area contributed by atoms with Gasteiger partial charge in [0.1, 0.15) is 5.75 Å².